The van der Waals surface area contributed by atoms with E-state index in [9.17, 15) is 14.4 Å². The molecule has 0 bridgehead atoms. The first-order valence-corrected chi connectivity index (χ1v) is 9.68. The number of carbonyl (C=O) groups is 3. The largest absolute Gasteiger partial charge is 0.480 e. The van der Waals surface area contributed by atoms with Gasteiger partial charge in [-0.05, 0) is 29.2 Å². The van der Waals surface area contributed by atoms with Gasteiger partial charge in [0.25, 0.3) is 0 Å². The van der Waals surface area contributed by atoms with Crippen molar-refractivity contribution < 1.29 is 29.3 Å². The van der Waals surface area contributed by atoms with Gasteiger partial charge in [0, 0.05) is 18.9 Å². The quantitative estimate of drug-likeness (QED) is 0.525. The number of aliphatic carboxylic acids is 1. The molecule has 8 nitrogen and oxygen atoms in total. The zero-order chi connectivity index (χ0) is 21.7. The van der Waals surface area contributed by atoms with Crippen LogP contribution in [0.5, 0.6) is 0 Å². The molecule has 2 aromatic carbocycles. The van der Waals surface area contributed by atoms with Crippen LogP contribution in [-0.4, -0.2) is 53.5 Å². The Morgan fingerprint density at radius 2 is 1.57 bits per heavy atom. The summed E-state index contributed by atoms with van der Waals surface area (Å²) in [6.45, 7) is 1.15. The molecule has 1 aliphatic carbocycles. The monoisotopic (exact) mass is 412 g/mol. The Kier molecular flexibility index (Phi) is 6.68. The molecule has 2 amide bonds. The Bertz CT molecular complexity index is 899. The number of carboxylic acid groups (broad SMARTS) is 1. The van der Waals surface area contributed by atoms with Gasteiger partial charge in [-0.3, -0.25) is 4.79 Å². The Hall–Kier alpha value is -3.39. The summed E-state index contributed by atoms with van der Waals surface area (Å²) in [7, 11) is 0. The van der Waals surface area contributed by atoms with Crippen molar-refractivity contribution in [3.05, 3.63) is 59.7 Å². The van der Waals surface area contributed by atoms with E-state index in [-0.39, 0.29) is 25.6 Å². The smallest absolute Gasteiger partial charge is 0.407 e. The van der Waals surface area contributed by atoms with Gasteiger partial charge in [0.05, 0.1) is 0 Å². The third-order valence-corrected chi connectivity index (χ3v) is 5.10. The molecule has 2 aromatic rings. The number of ether oxygens (including phenoxy) is 1. The number of alkyl carbamates (subject to hydrolysis) is 1. The average molecular weight is 412 g/mol. The molecule has 2 atom stereocenters. The van der Waals surface area contributed by atoms with Crippen LogP contribution in [0.2, 0.25) is 0 Å². The van der Waals surface area contributed by atoms with Gasteiger partial charge in [-0.2, -0.15) is 0 Å². The predicted molar refractivity (Wildman–Crippen MR) is 109 cm³/mol. The first-order valence-electron chi connectivity index (χ1n) is 9.68. The molecule has 3 rings (SSSR count). The van der Waals surface area contributed by atoms with Gasteiger partial charge in [0.1, 0.15) is 18.7 Å². The van der Waals surface area contributed by atoms with Crippen molar-refractivity contribution in [1.82, 2.24) is 10.6 Å². The third-order valence-electron chi connectivity index (χ3n) is 5.10. The lowest BCUT2D eigenvalue weighted by atomic mass is 9.98. The summed E-state index contributed by atoms with van der Waals surface area (Å²) in [5.41, 5.74) is 4.37. The van der Waals surface area contributed by atoms with Crippen LogP contribution in [0.4, 0.5) is 4.79 Å². The third kappa shape index (κ3) is 4.60. The van der Waals surface area contributed by atoms with E-state index in [2.05, 4.69) is 10.6 Å². The zero-order valence-electron chi connectivity index (χ0n) is 16.5. The minimum Gasteiger partial charge on any atom is -0.480 e. The number of carboxylic acids is 1. The van der Waals surface area contributed by atoms with Crippen molar-refractivity contribution in [3.8, 4) is 11.1 Å². The maximum Gasteiger partial charge on any atom is 0.407 e. The Morgan fingerprint density at radius 1 is 1.00 bits per heavy atom. The topological polar surface area (TPSA) is 125 Å². The SMILES string of the molecule is C[C@H](NC(=O)OCC1c2ccccc2-c2ccccc21)C(=O)NC(CCO)C(=O)O. The highest BCUT2D eigenvalue weighted by molar-refractivity contribution is 5.89. The first kappa shape index (κ1) is 21.3. The number of aliphatic hydroxyl groups excluding tert-OH is 1. The minimum atomic E-state index is -1.26. The van der Waals surface area contributed by atoms with Gasteiger partial charge >= 0.3 is 12.1 Å². The number of aliphatic hydroxyl groups is 1. The molecular formula is C22H24N2O6. The van der Waals surface area contributed by atoms with E-state index in [1.165, 1.54) is 6.92 Å². The lowest BCUT2D eigenvalue weighted by Gasteiger charge is -2.19. The zero-order valence-corrected chi connectivity index (χ0v) is 16.5. The molecule has 0 radical (unpaired) electrons. The van der Waals surface area contributed by atoms with E-state index < -0.39 is 30.1 Å². The molecule has 4 N–H and O–H groups in total. The highest BCUT2D eigenvalue weighted by Crippen LogP contribution is 2.44. The van der Waals surface area contributed by atoms with Crippen LogP contribution in [0.25, 0.3) is 11.1 Å². The molecule has 0 fully saturated rings. The van der Waals surface area contributed by atoms with Crippen molar-refractivity contribution in [2.45, 2.75) is 31.3 Å². The summed E-state index contributed by atoms with van der Waals surface area (Å²) in [5, 5.41) is 22.6. The summed E-state index contributed by atoms with van der Waals surface area (Å²) >= 11 is 0. The number of hydrogen-bond donors (Lipinski definition) is 4. The van der Waals surface area contributed by atoms with Crippen molar-refractivity contribution in [1.29, 1.82) is 0 Å². The fraction of sp³-hybridized carbons (Fsp3) is 0.318. The average Bonchev–Trinajstić information content (AvgIpc) is 3.05. The summed E-state index contributed by atoms with van der Waals surface area (Å²) in [6, 6.07) is 13.7. The maximum atomic E-state index is 12.2. The molecule has 30 heavy (non-hydrogen) atoms. The van der Waals surface area contributed by atoms with E-state index in [0.29, 0.717) is 0 Å². The predicted octanol–water partition coefficient (Wildman–Crippen LogP) is 1.87. The highest BCUT2D eigenvalue weighted by Gasteiger charge is 2.29. The second kappa shape index (κ2) is 9.41. The van der Waals surface area contributed by atoms with Gasteiger partial charge in [-0.25, -0.2) is 9.59 Å². The van der Waals surface area contributed by atoms with Crippen LogP contribution < -0.4 is 10.6 Å². The number of fused-ring (bicyclic) bond motifs is 3. The van der Waals surface area contributed by atoms with Gasteiger partial charge in [0.2, 0.25) is 5.91 Å². The lowest BCUT2D eigenvalue weighted by Crippen LogP contribution is -2.50. The summed E-state index contributed by atoms with van der Waals surface area (Å²) in [4.78, 5) is 35.4. The fourth-order valence-electron chi connectivity index (χ4n) is 3.57. The van der Waals surface area contributed by atoms with E-state index in [1.54, 1.807) is 0 Å². The van der Waals surface area contributed by atoms with E-state index in [0.717, 1.165) is 22.3 Å². The van der Waals surface area contributed by atoms with E-state index in [4.69, 9.17) is 14.9 Å². The number of rotatable bonds is 8. The Morgan fingerprint density at radius 3 is 2.10 bits per heavy atom. The van der Waals surface area contributed by atoms with E-state index in [1.807, 2.05) is 48.5 Å². The molecular weight excluding hydrogens is 388 g/mol. The number of carbonyl (C=O) groups excluding carboxylic acids is 2. The van der Waals surface area contributed by atoms with E-state index >= 15 is 0 Å². The number of amides is 2. The number of hydrogen-bond acceptors (Lipinski definition) is 5. The first-order chi connectivity index (χ1) is 14.4. The molecule has 8 heteroatoms. The van der Waals surface area contributed by atoms with Gasteiger partial charge in [-0.1, -0.05) is 48.5 Å². The highest BCUT2D eigenvalue weighted by atomic mass is 16.5. The second-order valence-electron chi connectivity index (χ2n) is 7.10. The normalized spacial score (nSPS) is 14.2. The molecule has 1 unspecified atom stereocenters. The van der Waals surface area contributed by atoms with Crippen LogP contribution in [0, 0.1) is 0 Å². The fourth-order valence-corrected chi connectivity index (χ4v) is 3.57. The van der Waals surface area contributed by atoms with Gasteiger partial charge in [0.15, 0.2) is 0 Å². The molecule has 0 aromatic heterocycles. The summed E-state index contributed by atoms with van der Waals surface area (Å²) in [6.07, 6.45) is -0.896. The van der Waals surface area contributed by atoms with Gasteiger partial charge in [-0.15, -0.1) is 0 Å². The summed E-state index contributed by atoms with van der Waals surface area (Å²) in [5.74, 6) is -2.04. The van der Waals surface area contributed by atoms with Gasteiger partial charge < -0.3 is 25.6 Å². The Balaban J connectivity index is 1.58. The molecule has 0 spiro atoms. The number of benzene rings is 2. The minimum absolute atomic E-state index is 0.103. The molecule has 1 aliphatic rings. The molecule has 0 saturated heterocycles. The summed E-state index contributed by atoms with van der Waals surface area (Å²) < 4.78 is 5.37. The van der Waals surface area contributed by atoms with Crippen LogP contribution >= 0.6 is 0 Å². The van der Waals surface area contributed by atoms with Crippen molar-refractivity contribution in [2.24, 2.45) is 0 Å². The standard InChI is InChI=1S/C22H24N2O6/c1-13(20(26)24-19(10-11-25)21(27)28)23-22(29)30-12-18-16-8-4-2-6-14(16)15-7-3-5-9-17(15)18/h2-9,13,18-19,25H,10-12H2,1H3,(H,23,29)(H,24,26)(H,27,28)/t13-,19?/m0/s1. The van der Waals surface area contributed by atoms with Crippen molar-refractivity contribution in [2.75, 3.05) is 13.2 Å². The molecule has 0 saturated carbocycles. The lowest BCUT2D eigenvalue weighted by molar-refractivity contribution is -0.142. The van der Waals surface area contributed by atoms with Crippen LogP contribution in [0.1, 0.15) is 30.4 Å². The number of nitrogens with one attached hydrogen (secondary N) is 2. The van der Waals surface area contributed by atoms with Crippen molar-refractivity contribution >= 4 is 18.0 Å². The van der Waals surface area contributed by atoms with Crippen LogP contribution in [0.15, 0.2) is 48.5 Å². The second-order valence-corrected chi connectivity index (χ2v) is 7.10. The molecule has 0 heterocycles. The Labute approximate surface area is 173 Å². The maximum absolute atomic E-state index is 12.2. The molecule has 0 aliphatic heterocycles. The van der Waals surface area contributed by atoms with Crippen LogP contribution in [0.3, 0.4) is 0 Å². The van der Waals surface area contributed by atoms with Crippen LogP contribution in [-0.2, 0) is 14.3 Å². The van der Waals surface area contributed by atoms with Crippen molar-refractivity contribution in [3.63, 3.8) is 0 Å². The molecule has 158 valence electrons.